The van der Waals surface area contributed by atoms with Gasteiger partial charge in [0.25, 0.3) is 5.91 Å². The fourth-order valence-corrected chi connectivity index (χ4v) is 2.83. The predicted octanol–water partition coefficient (Wildman–Crippen LogP) is 3.80. The van der Waals surface area contributed by atoms with Crippen LogP contribution in [-0.4, -0.2) is 37.3 Å². The largest absolute Gasteiger partial charge is 0.493 e. The highest BCUT2D eigenvalue weighted by Gasteiger charge is 2.48. The molecule has 26 heavy (non-hydrogen) atoms. The molecule has 0 spiro atoms. The molecule has 2 rings (SSSR count). The van der Waals surface area contributed by atoms with Crippen LogP contribution in [0.4, 0.5) is 5.69 Å². The summed E-state index contributed by atoms with van der Waals surface area (Å²) in [5.41, 5.74) is -0.0267. The summed E-state index contributed by atoms with van der Waals surface area (Å²) >= 11 is 0. The summed E-state index contributed by atoms with van der Waals surface area (Å²) in [5, 5.41) is 2.89. The van der Waals surface area contributed by atoms with Crippen LogP contribution in [0.15, 0.2) is 18.2 Å². The number of hydrogen-bond acceptors (Lipinski definition) is 5. The molecule has 1 N–H and O–H groups in total. The van der Waals surface area contributed by atoms with Crippen LogP contribution >= 0.6 is 0 Å². The number of esters is 1. The van der Waals surface area contributed by atoms with Crippen molar-refractivity contribution in [2.75, 3.05) is 25.1 Å². The second-order valence-corrected chi connectivity index (χ2v) is 6.55. The monoisotopic (exact) mass is 363 g/mol. The maximum absolute atomic E-state index is 12.9. The lowest BCUT2D eigenvalue weighted by Gasteiger charge is -2.28. The number of rotatable bonds is 10. The molecule has 0 saturated heterocycles. The minimum absolute atomic E-state index is 0.188. The van der Waals surface area contributed by atoms with E-state index in [0.717, 1.165) is 19.3 Å². The van der Waals surface area contributed by atoms with Gasteiger partial charge in [-0.15, -0.1) is 0 Å². The summed E-state index contributed by atoms with van der Waals surface area (Å²) in [7, 11) is 0. The van der Waals surface area contributed by atoms with E-state index in [9.17, 15) is 9.59 Å². The van der Waals surface area contributed by atoms with Gasteiger partial charge in [-0.05, 0) is 64.2 Å². The van der Waals surface area contributed by atoms with Crippen LogP contribution in [0, 0.1) is 5.92 Å². The maximum Gasteiger partial charge on any atom is 0.341 e. The number of benzene rings is 1. The van der Waals surface area contributed by atoms with E-state index < -0.39 is 11.6 Å². The molecule has 6 nitrogen and oxygen atoms in total. The van der Waals surface area contributed by atoms with E-state index in [0.29, 0.717) is 30.2 Å². The Bertz CT molecular complexity index is 641. The zero-order valence-corrected chi connectivity index (χ0v) is 16.1. The first-order valence-electron chi connectivity index (χ1n) is 9.35. The molecule has 1 fully saturated rings. The van der Waals surface area contributed by atoms with Crippen LogP contribution in [-0.2, 0) is 14.3 Å². The second kappa shape index (κ2) is 9.03. The molecule has 1 atom stereocenters. The van der Waals surface area contributed by atoms with Gasteiger partial charge in [-0.3, -0.25) is 4.79 Å². The van der Waals surface area contributed by atoms with Crippen LogP contribution in [0.5, 0.6) is 5.75 Å². The Morgan fingerprint density at radius 2 is 1.92 bits per heavy atom. The number of hydrogen-bond donors (Lipinski definition) is 1. The van der Waals surface area contributed by atoms with Crippen molar-refractivity contribution in [1.29, 1.82) is 0 Å². The molecule has 1 saturated carbocycles. The molecule has 1 aliphatic carbocycles. The Labute approximate surface area is 155 Å². The zero-order valence-electron chi connectivity index (χ0n) is 16.1. The van der Waals surface area contributed by atoms with E-state index in [1.54, 1.807) is 25.1 Å². The average molecular weight is 363 g/mol. The predicted molar refractivity (Wildman–Crippen MR) is 99.6 cm³/mol. The van der Waals surface area contributed by atoms with Crippen LogP contribution in [0.1, 0.15) is 57.3 Å². The maximum atomic E-state index is 12.9. The Kier molecular flexibility index (Phi) is 7.03. The molecule has 0 aromatic heterocycles. The summed E-state index contributed by atoms with van der Waals surface area (Å²) in [6.07, 6.45) is 2.83. The normalized spacial score (nSPS) is 15.8. The van der Waals surface area contributed by atoms with Crippen LogP contribution < -0.4 is 10.1 Å². The first-order valence-corrected chi connectivity index (χ1v) is 9.35. The number of carbonyl (C=O) groups excluding carboxylic acids is 2. The van der Waals surface area contributed by atoms with E-state index in [4.69, 9.17) is 14.2 Å². The molecule has 1 amide bonds. The Morgan fingerprint density at radius 1 is 1.19 bits per heavy atom. The molecule has 0 radical (unpaired) electrons. The van der Waals surface area contributed by atoms with Gasteiger partial charge >= 0.3 is 5.97 Å². The smallest absolute Gasteiger partial charge is 0.341 e. The third-order valence-electron chi connectivity index (χ3n) is 4.45. The second-order valence-electron chi connectivity index (χ2n) is 6.55. The molecule has 0 unspecified atom stereocenters. The molecule has 6 heteroatoms. The summed E-state index contributed by atoms with van der Waals surface area (Å²) in [4.78, 5) is 25.1. The Morgan fingerprint density at radius 3 is 2.50 bits per heavy atom. The summed E-state index contributed by atoms with van der Waals surface area (Å²) < 4.78 is 16.5. The third kappa shape index (κ3) is 4.75. The molecular weight excluding hydrogens is 334 g/mol. The minimum atomic E-state index is -0.849. The van der Waals surface area contributed by atoms with Crippen molar-refractivity contribution in [3.8, 4) is 5.75 Å². The fourth-order valence-electron chi connectivity index (χ4n) is 2.83. The number of carbonyl (C=O) groups is 2. The summed E-state index contributed by atoms with van der Waals surface area (Å²) in [5.74, 6) is 0.0177. The van der Waals surface area contributed by atoms with Crippen molar-refractivity contribution >= 4 is 17.6 Å². The molecule has 0 heterocycles. The molecule has 1 aliphatic rings. The van der Waals surface area contributed by atoms with Crippen molar-refractivity contribution in [3.63, 3.8) is 0 Å². The zero-order chi connectivity index (χ0) is 19.2. The topological polar surface area (TPSA) is 73.9 Å². The molecule has 0 aliphatic heterocycles. The SMILES string of the molecule is CCCO[C@](C)(C(=O)Nc1ccc(OCC)c(C(=O)OCC)c1)C1CC1. The van der Waals surface area contributed by atoms with Gasteiger partial charge in [0.15, 0.2) is 0 Å². The fraction of sp³-hybridized carbons (Fsp3) is 0.600. The van der Waals surface area contributed by atoms with Crippen LogP contribution in [0.25, 0.3) is 0 Å². The Hall–Kier alpha value is -2.08. The van der Waals surface area contributed by atoms with E-state index in [-0.39, 0.29) is 18.4 Å². The first kappa shape index (κ1) is 20.2. The van der Waals surface area contributed by atoms with Gasteiger partial charge in [0, 0.05) is 12.3 Å². The van der Waals surface area contributed by atoms with Gasteiger partial charge in [0.05, 0.1) is 13.2 Å². The number of ether oxygens (including phenoxy) is 3. The molecule has 1 aromatic carbocycles. The lowest BCUT2D eigenvalue weighted by atomic mass is 9.98. The highest BCUT2D eigenvalue weighted by Crippen LogP contribution is 2.42. The van der Waals surface area contributed by atoms with E-state index >= 15 is 0 Å². The van der Waals surface area contributed by atoms with Crippen molar-refractivity contribution in [2.24, 2.45) is 5.92 Å². The Balaban J connectivity index is 2.20. The van der Waals surface area contributed by atoms with Crippen LogP contribution in [0.2, 0.25) is 0 Å². The highest BCUT2D eigenvalue weighted by atomic mass is 16.5. The quantitative estimate of drug-likeness (QED) is 0.640. The van der Waals surface area contributed by atoms with Gasteiger partial charge in [-0.25, -0.2) is 4.79 Å². The van der Waals surface area contributed by atoms with Crippen molar-refractivity contribution in [2.45, 2.75) is 52.6 Å². The summed E-state index contributed by atoms with van der Waals surface area (Å²) in [6, 6.07) is 4.99. The average Bonchev–Trinajstić information content (AvgIpc) is 3.46. The van der Waals surface area contributed by atoms with Gasteiger partial charge in [0.1, 0.15) is 16.9 Å². The van der Waals surface area contributed by atoms with Crippen molar-refractivity contribution in [1.82, 2.24) is 0 Å². The minimum Gasteiger partial charge on any atom is -0.493 e. The van der Waals surface area contributed by atoms with Gasteiger partial charge in [-0.2, -0.15) is 0 Å². The first-order chi connectivity index (χ1) is 12.5. The van der Waals surface area contributed by atoms with E-state index in [1.807, 2.05) is 20.8 Å². The molecule has 0 bridgehead atoms. The van der Waals surface area contributed by atoms with Gasteiger partial charge in [0.2, 0.25) is 0 Å². The third-order valence-corrected chi connectivity index (χ3v) is 4.45. The van der Waals surface area contributed by atoms with Gasteiger partial charge < -0.3 is 19.5 Å². The van der Waals surface area contributed by atoms with Gasteiger partial charge in [-0.1, -0.05) is 6.92 Å². The number of amides is 1. The lowest BCUT2D eigenvalue weighted by molar-refractivity contribution is -0.142. The van der Waals surface area contributed by atoms with Crippen LogP contribution in [0.3, 0.4) is 0 Å². The summed E-state index contributed by atoms with van der Waals surface area (Å²) in [6.45, 7) is 8.69. The number of anilines is 1. The van der Waals surface area contributed by atoms with E-state index in [2.05, 4.69) is 5.32 Å². The van der Waals surface area contributed by atoms with E-state index in [1.165, 1.54) is 0 Å². The standard InChI is InChI=1S/C20H29NO5/c1-5-12-26-20(4,14-8-9-14)19(23)21-15-10-11-17(24-6-2)16(13-15)18(22)25-7-3/h10-11,13-14H,5-9,12H2,1-4H3,(H,21,23)/t20-/m0/s1. The van der Waals surface area contributed by atoms with Crippen molar-refractivity contribution < 1.29 is 23.8 Å². The molecule has 1 aromatic rings. The highest BCUT2D eigenvalue weighted by molar-refractivity contribution is 6.00. The number of nitrogens with one attached hydrogen (secondary N) is 1. The lowest BCUT2D eigenvalue weighted by Crippen LogP contribution is -2.45. The molecule has 144 valence electrons. The van der Waals surface area contributed by atoms with Crippen molar-refractivity contribution in [3.05, 3.63) is 23.8 Å². The molecular formula is C20H29NO5.